The maximum atomic E-state index is 11.4. The van der Waals surface area contributed by atoms with Crippen molar-refractivity contribution in [3.8, 4) is 0 Å². The van der Waals surface area contributed by atoms with Crippen molar-refractivity contribution in [2.24, 2.45) is 0 Å². The Hall–Kier alpha value is -1.89. The number of amides is 2. The highest BCUT2D eigenvalue weighted by atomic mass is 32.1. The van der Waals surface area contributed by atoms with E-state index in [4.69, 9.17) is 0 Å². The molecule has 1 rings (SSSR count). The summed E-state index contributed by atoms with van der Waals surface area (Å²) in [7, 11) is 1.44. The molecule has 0 radical (unpaired) electrons. The Morgan fingerprint density at radius 1 is 1.41 bits per heavy atom. The van der Waals surface area contributed by atoms with Crippen molar-refractivity contribution in [3.05, 3.63) is 22.4 Å². The molecule has 0 unspecified atom stereocenters. The predicted molar refractivity (Wildman–Crippen MR) is 61.7 cm³/mol. The summed E-state index contributed by atoms with van der Waals surface area (Å²) in [4.78, 5) is 33.8. The topological polar surface area (TPSA) is 84.5 Å². The smallest absolute Gasteiger partial charge is 0.325 e. The Morgan fingerprint density at radius 2 is 2.18 bits per heavy atom. The zero-order chi connectivity index (χ0) is 12.7. The first-order valence-corrected chi connectivity index (χ1v) is 5.69. The largest absolute Gasteiger partial charge is 0.454 e. The number of ether oxygens (including phenoxy) is 1. The van der Waals surface area contributed by atoms with Crippen LogP contribution in [-0.2, 0) is 14.3 Å². The number of carbonyl (C=O) groups is 3. The molecule has 0 aromatic carbocycles. The van der Waals surface area contributed by atoms with Crippen molar-refractivity contribution in [2.45, 2.75) is 0 Å². The van der Waals surface area contributed by atoms with Gasteiger partial charge in [-0.3, -0.25) is 14.4 Å². The van der Waals surface area contributed by atoms with Crippen LogP contribution in [0.2, 0.25) is 0 Å². The quantitative estimate of drug-likeness (QED) is 0.712. The maximum Gasteiger partial charge on any atom is 0.325 e. The first kappa shape index (κ1) is 13.2. The molecule has 0 atom stereocenters. The minimum Gasteiger partial charge on any atom is -0.454 e. The van der Waals surface area contributed by atoms with Gasteiger partial charge in [0.25, 0.3) is 11.8 Å². The lowest BCUT2D eigenvalue weighted by Crippen LogP contribution is -2.32. The van der Waals surface area contributed by atoms with Crippen LogP contribution in [0.15, 0.2) is 17.5 Å². The van der Waals surface area contributed by atoms with Crippen molar-refractivity contribution in [1.29, 1.82) is 0 Å². The summed E-state index contributed by atoms with van der Waals surface area (Å²) in [6.07, 6.45) is 0. The van der Waals surface area contributed by atoms with Gasteiger partial charge in [0.15, 0.2) is 6.61 Å². The van der Waals surface area contributed by atoms with E-state index in [-0.39, 0.29) is 19.1 Å². The summed E-state index contributed by atoms with van der Waals surface area (Å²) in [5, 5.41) is 6.46. The molecule has 0 spiro atoms. The van der Waals surface area contributed by atoms with E-state index < -0.39 is 11.9 Å². The molecule has 0 fully saturated rings. The molecule has 0 aliphatic carbocycles. The maximum absolute atomic E-state index is 11.4. The van der Waals surface area contributed by atoms with Gasteiger partial charge in [-0.2, -0.15) is 0 Å². The van der Waals surface area contributed by atoms with Gasteiger partial charge in [0.1, 0.15) is 6.54 Å². The molecule has 0 saturated carbocycles. The number of likely N-dealkylation sites (N-methyl/N-ethyl adjacent to an activating group) is 1. The zero-order valence-corrected chi connectivity index (χ0v) is 10.0. The molecule has 0 bridgehead atoms. The van der Waals surface area contributed by atoms with E-state index in [2.05, 4.69) is 15.4 Å². The van der Waals surface area contributed by atoms with E-state index in [0.717, 1.165) is 0 Å². The number of hydrogen-bond acceptors (Lipinski definition) is 5. The van der Waals surface area contributed by atoms with Crippen LogP contribution in [0.3, 0.4) is 0 Å². The molecule has 2 N–H and O–H groups in total. The summed E-state index contributed by atoms with van der Waals surface area (Å²) in [5.41, 5.74) is 0. The van der Waals surface area contributed by atoms with Crippen LogP contribution < -0.4 is 10.6 Å². The molecule has 92 valence electrons. The van der Waals surface area contributed by atoms with Crippen LogP contribution in [0, 0.1) is 0 Å². The van der Waals surface area contributed by atoms with Crippen LogP contribution in [0.1, 0.15) is 9.67 Å². The molecule has 0 aliphatic heterocycles. The van der Waals surface area contributed by atoms with E-state index in [1.165, 1.54) is 18.4 Å². The fraction of sp³-hybridized carbons (Fsp3) is 0.300. The van der Waals surface area contributed by atoms with Crippen molar-refractivity contribution >= 4 is 29.1 Å². The molecule has 17 heavy (non-hydrogen) atoms. The Kier molecular flexibility index (Phi) is 5.15. The zero-order valence-electron chi connectivity index (χ0n) is 9.19. The Balaban J connectivity index is 2.24. The molecule has 2 amide bonds. The first-order valence-electron chi connectivity index (χ1n) is 4.81. The van der Waals surface area contributed by atoms with E-state index >= 15 is 0 Å². The third-order valence-electron chi connectivity index (χ3n) is 1.78. The van der Waals surface area contributed by atoms with E-state index in [1.807, 2.05) is 0 Å². The number of rotatable bonds is 5. The lowest BCUT2D eigenvalue weighted by Gasteiger charge is -2.04. The molecule has 6 nitrogen and oxygen atoms in total. The summed E-state index contributed by atoms with van der Waals surface area (Å²) >= 11 is 1.28. The third-order valence-corrected chi connectivity index (χ3v) is 2.65. The molecular weight excluding hydrogens is 244 g/mol. The summed E-state index contributed by atoms with van der Waals surface area (Å²) in [6, 6.07) is 3.39. The highest BCUT2D eigenvalue weighted by Crippen LogP contribution is 2.07. The molecule has 1 heterocycles. The standard InChI is InChI=1S/C10H12N2O4S/c1-11-8(13)6-16-9(14)5-12-10(15)7-3-2-4-17-7/h2-4H,5-6H2,1H3,(H,11,13)(H,12,15). The SMILES string of the molecule is CNC(=O)COC(=O)CNC(=O)c1cccs1. The Labute approximate surface area is 102 Å². The number of thiophene rings is 1. The van der Waals surface area contributed by atoms with E-state index in [0.29, 0.717) is 4.88 Å². The lowest BCUT2D eigenvalue weighted by atomic mass is 10.4. The predicted octanol–water partition coefficient (Wildman–Crippen LogP) is -0.233. The second kappa shape index (κ2) is 6.64. The summed E-state index contributed by atoms with van der Waals surface area (Å²) < 4.78 is 4.60. The van der Waals surface area contributed by atoms with Gasteiger partial charge in [0.05, 0.1) is 4.88 Å². The summed E-state index contributed by atoms with van der Waals surface area (Å²) in [6.45, 7) is -0.599. The van der Waals surface area contributed by atoms with E-state index in [9.17, 15) is 14.4 Å². The first-order chi connectivity index (χ1) is 8.13. The fourth-order valence-corrected chi connectivity index (χ4v) is 1.56. The van der Waals surface area contributed by atoms with Gasteiger partial charge >= 0.3 is 5.97 Å². The van der Waals surface area contributed by atoms with Gasteiger partial charge in [-0.1, -0.05) is 6.07 Å². The second-order valence-electron chi connectivity index (χ2n) is 2.99. The molecule has 0 saturated heterocycles. The van der Waals surface area contributed by atoms with E-state index in [1.54, 1.807) is 17.5 Å². The van der Waals surface area contributed by atoms with Crippen molar-refractivity contribution in [2.75, 3.05) is 20.2 Å². The van der Waals surface area contributed by atoms with Crippen LogP contribution in [0.25, 0.3) is 0 Å². The van der Waals surface area contributed by atoms with Crippen molar-refractivity contribution in [1.82, 2.24) is 10.6 Å². The number of nitrogens with one attached hydrogen (secondary N) is 2. The average Bonchev–Trinajstić information content (AvgIpc) is 2.86. The highest BCUT2D eigenvalue weighted by Gasteiger charge is 2.10. The third kappa shape index (κ3) is 4.64. The molecular formula is C10H12N2O4S. The highest BCUT2D eigenvalue weighted by molar-refractivity contribution is 7.12. The normalized spacial score (nSPS) is 9.47. The van der Waals surface area contributed by atoms with Gasteiger partial charge in [0.2, 0.25) is 0 Å². The van der Waals surface area contributed by atoms with Crippen LogP contribution in [0.4, 0.5) is 0 Å². The molecule has 1 aromatic rings. The molecule has 1 aromatic heterocycles. The van der Waals surface area contributed by atoms with Gasteiger partial charge in [-0.05, 0) is 11.4 Å². The van der Waals surface area contributed by atoms with Crippen molar-refractivity contribution < 1.29 is 19.1 Å². The second-order valence-corrected chi connectivity index (χ2v) is 3.94. The number of hydrogen-bond donors (Lipinski definition) is 2. The summed E-state index contributed by atoms with van der Waals surface area (Å²) in [5.74, 6) is -1.39. The van der Waals surface area contributed by atoms with Crippen LogP contribution >= 0.6 is 11.3 Å². The Morgan fingerprint density at radius 3 is 2.76 bits per heavy atom. The van der Waals surface area contributed by atoms with Gasteiger partial charge in [-0.25, -0.2) is 0 Å². The van der Waals surface area contributed by atoms with Gasteiger partial charge in [-0.15, -0.1) is 11.3 Å². The minimum absolute atomic E-state index is 0.256. The van der Waals surface area contributed by atoms with Gasteiger partial charge < -0.3 is 15.4 Å². The average molecular weight is 256 g/mol. The molecule has 7 heteroatoms. The van der Waals surface area contributed by atoms with Crippen LogP contribution in [0.5, 0.6) is 0 Å². The fourth-order valence-electron chi connectivity index (χ4n) is 0.917. The number of esters is 1. The lowest BCUT2D eigenvalue weighted by molar-refractivity contribution is -0.147. The van der Waals surface area contributed by atoms with Crippen LogP contribution in [-0.4, -0.2) is 38.0 Å². The molecule has 0 aliphatic rings. The minimum atomic E-state index is -0.654. The monoisotopic (exact) mass is 256 g/mol. The number of carbonyl (C=O) groups excluding carboxylic acids is 3. The van der Waals surface area contributed by atoms with Gasteiger partial charge in [0, 0.05) is 7.05 Å². The van der Waals surface area contributed by atoms with Crippen molar-refractivity contribution in [3.63, 3.8) is 0 Å². The Bertz CT molecular complexity index is 402.